The van der Waals surface area contributed by atoms with E-state index in [9.17, 15) is 14.7 Å². The molecule has 6 nitrogen and oxygen atoms in total. The van der Waals surface area contributed by atoms with Crippen molar-refractivity contribution in [1.29, 1.82) is 0 Å². The second-order valence-corrected chi connectivity index (χ2v) is 8.40. The third-order valence-electron chi connectivity index (χ3n) is 5.63. The fraction of sp³-hybridized carbons (Fsp3) is 0.476. The fourth-order valence-corrected chi connectivity index (χ4v) is 4.73. The van der Waals surface area contributed by atoms with Crippen LogP contribution in [0.5, 0.6) is 0 Å². The first-order chi connectivity index (χ1) is 13.4. The molecule has 3 rings (SSSR count). The Bertz CT molecular complexity index is 823. The van der Waals surface area contributed by atoms with Gasteiger partial charge >= 0.3 is 0 Å². The molecule has 3 atom stereocenters. The molecule has 3 N–H and O–H groups in total. The number of aliphatic hydroxyl groups excluding tert-OH is 1. The number of hydrogen-bond donors (Lipinski definition) is 3. The maximum Gasteiger partial charge on any atom is 0.263 e. The molecule has 2 amide bonds. The zero-order chi connectivity index (χ0) is 20.1. The molecule has 0 unspecified atom stereocenters. The minimum absolute atomic E-state index is 0.112. The summed E-state index contributed by atoms with van der Waals surface area (Å²) in [7, 11) is 0. The predicted molar refractivity (Wildman–Crippen MR) is 109 cm³/mol. The van der Waals surface area contributed by atoms with E-state index in [1.165, 1.54) is 18.3 Å². The van der Waals surface area contributed by atoms with E-state index in [-0.39, 0.29) is 23.3 Å². The molecule has 1 aromatic heterocycles. The summed E-state index contributed by atoms with van der Waals surface area (Å²) < 4.78 is 0. The number of aryl methyl sites for hydroxylation is 1. The maximum atomic E-state index is 12.7. The minimum Gasteiger partial charge on any atom is -0.391 e. The molecule has 1 fully saturated rings. The van der Waals surface area contributed by atoms with Gasteiger partial charge in [-0.25, -0.2) is 4.98 Å². The van der Waals surface area contributed by atoms with Crippen LogP contribution in [0.15, 0.2) is 35.8 Å². The van der Waals surface area contributed by atoms with Crippen LogP contribution in [0.4, 0.5) is 0 Å². The van der Waals surface area contributed by atoms with Crippen LogP contribution in [-0.4, -0.2) is 40.6 Å². The SMILES string of the molecule is CC(=O)N[C@H]1CC[C@](CNC(=O)c2scnc2C)(c2ccccc2)CC[C@@H]1O. The van der Waals surface area contributed by atoms with Crippen LogP contribution in [0, 0.1) is 6.92 Å². The number of nitrogens with zero attached hydrogens (tertiary/aromatic N) is 1. The third-order valence-corrected chi connectivity index (χ3v) is 6.56. The van der Waals surface area contributed by atoms with E-state index in [4.69, 9.17) is 0 Å². The standard InChI is InChI=1S/C21H27N3O3S/c1-14-19(28-13-23-14)20(27)22-12-21(16-6-4-3-5-7-16)10-8-17(24-15(2)25)18(26)9-11-21/h3-7,13,17-18,26H,8-12H2,1-2H3,(H,22,27)(H,24,25)/t17-,18-,21-/m0/s1. The van der Waals surface area contributed by atoms with E-state index >= 15 is 0 Å². The molecule has 1 aliphatic carbocycles. The highest BCUT2D eigenvalue weighted by Crippen LogP contribution is 2.38. The van der Waals surface area contributed by atoms with Crippen molar-refractivity contribution in [2.45, 2.75) is 57.1 Å². The predicted octanol–water partition coefficient (Wildman–Crippen LogP) is 2.56. The van der Waals surface area contributed by atoms with Crippen molar-refractivity contribution < 1.29 is 14.7 Å². The number of amides is 2. The topological polar surface area (TPSA) is 91.3 Å². The summed E-state index contributed by atoms with van der Waals surface area (Å²) >= 11 is 1.34. The van der Waals surface area contributed by atoms with Crippen molar-refractivity contribution >= 4 is 23.2 Å². The molecule has 1 aromatic carbocycles. The normalized spacial score (nSPS) is 25.0. The lowest BCUT2D eigenvalue weighted by atomic mass is 9.74. The summed E-state index contributed by atoms with van der Waals surface area (Å²) in [4.78, 5) is 28.9. The van der Waals surface area contributed by atoms with Gasteiger partial charge in [-0.2, -0.15) is 0 Å². The van der Waals surface area contributed by atoms with E-state index in [1.54, 1.807) is 5.51 Å². The second kappa shape index (κ2) is 8.84. The molecule has 2 aromatic rings. The van der Waals surface area contributed by atoms with E-state index < -0.39 is 6.10 Å². The highest BCUT2D eigenvalue weighted by atomic mass is 32.1. The van der Waals surface area contributed by atoms with E-state index in [0.29, 0.717) is 24.3 Å². The van der Waals surface area contributed by atoms with Crippen molar-refractivity contribution in [3.05, 3.63) is 52.0 Å². The van der Waals surface area contributed by atoms with Gasteiger partial charge in [0.25, 0.3) is 5.91 Å². The molecule has 28 heavy (non-hydrogen) atoms. The third kappa shape index (κ3) is 4.59. The Hall–Kier alpha value is -2.25. The van der Waals surface area contributed by atoms with Gasteiger partial charge in [-0.1, -0.05) is 30.3 Å². The van der Waals surface area contributed by atoms with Crippen LogP contribution in [-0.2, 0) is 10.2 Å². The number of benzene rings is 1. The zero-order valence-electron chi connectivity index (χ0n) is 16.3. The van der Waals surface area contributed by atoms with Crippen molar-refractivity contribution in [2.75, 3.05) is 6.54 Å². The summed E-state index contributed by atoms with van der Waals surface area (Å²) in [5, 5.41) is 16.5. The molecule has 1 aliphatic rings. The van der Waals surface area contributed by atoms with Gasteiger partial charge in [-0.15, -0.1) is 11.3 Å². The molecule has 0 bridgehead atoms. The Morgan fingerprint density at radius 3 is 2.61 bits per heavy atom. The van der Waals surface area contributed by atoms with Gasteiger partial charge in [0, 0.05) is 18.9 Å². The van der Waals surface area contributed by atoms with Gasteiger partial charge < -0.3 is 15.7 Å². The molecular weight excluding hydrogens is 374 g/mol. The summed E-state index contributed by atoms with van der Waals surface area (Å²) in [5.74, 6) is -0.247. The quantitative estimate of drug-likeness (QED) is 0.672. The van der Waals surface area contributed by atoms with E-state index in [0.717, 1.165) is 24.1 Å². The summed E-state index contributed by atoms with van der Waals surface area (Å²) in [6, 6.07) is 9.87. The summed E-state index contributed by atoms with van der Waals surface area (Å²) in [5.41, 5.74) is 3.27. The van der Waals surface area contributed by atoms with E-state index in [1.807, 2.05) is 25.1 Å². The van der Waals surface area contributed by atoms with Crippen LogP contribution >= 0.6 is 11.3 Å². The lowest BCUT2D eigenvalue weighted by molar-refractivity contribution is -0.120. The first-order valence-corrected chi connectivity index (χ1v) is 10.5. The number of thiazole rings is 1. The van der Waals surface area contributed by atoms with Gasteiger partial charge in [0.2, 0.25) is 5.91 Å². The average Bonchev–Trinajstić information content (AvgIpc) is 3.05. The monoisotopic (exact) mass is 401 g/mol. The highest BCUT2D eigenvalue weighted by molar-refractivity contribution is 7.11. The van der Waals surface area contributed by atoms with Gasteiger partial charge in [0.15, 0.2) is 0 Å². The number of nitrogens with one attached hydrogen (secondary N) is 2. The molecule has 7 heteroatoms. The Balaban J connectivity index is 1.82. The van der Waals surface area contributed by atoms with Crippen molar-refractivity contribution in [3.63, 3.8) is 0 Å². The zero-order valence-corrected chi connectivity index (χ0v) is 17.1. The number of aliphatic hydroxyl groups is 1. The Morgan fingerprint density at radius 2 is 1.96 bits per heavy atom. The number of carbonyl (C=O) groups is 2. The lowest BCUT2D eigenvalue weighted by Crippen LogP contribution is -2.42. The average molecular weight is 402 g/mol. The molecule has 1 heterocycles. The second-order valence-electron chi connectivity index (χ2n) is 7.55. The number of rotatable bonds is 5. The largest absolute Gasteiger partial charge is 0.391 e. The molecule has 0 saturated heterocycles. The number of hydrogen-bond acceptors (Lipinski definition) is 5. The molecular formula is C21H27N3O3S. The molecule has 0 spiro atoms. The maximum absolute atomic E-state index is 12.7. The van der Waals surface area contributed by atoms with E-state index in [2.05, 4.69) is 27.8 Å². The minimum atomic E-state index is -0.589. The highest BCUT2D eigenvalue weighted by Gasteiger charge is 2.38. The first-order valence-electron chi connectivity index (χ1n) is 9.60. The van der Waals surface area contributed by atoms with Crippen LogP contribution in [0.25, 0.3) is 0 Å². The molecule has 0 radical (unpaired) electrons. The first kappa shape index (κ1) is 20.5. The summed E-state index contributed by atoms with van der Waals surface area (Å²) in [6.07, 6.45) is 2.13. The lowest BCUT2D eigenvalue weighted by Gasteiger charge is -2.34. The van der Waals surface area contributed by atoms with Crippen LogP contribution in [0.1, 0.15) is 53.5 Å². The fourth-order valence-electron chi connectivity index (χ4n) is 4.01. The van der Waals surface area contributed by atoms with Gasteiger partial charge in [-0.3, -0.25) is 9.59 Å². The van der Waals surface area contributed by atoms with Crippen molar-refractivity contribution in [3.8, 4) is 0 Å². The molecule has 0 aliphatic heterocycles. The van der Waals surface area contributed by atoms with Crippen molar-refractivity contribution in [1.82, 2.24) is 15.6 Å². The van der Waals surface area contributed by atoms with Crippen LogP contribution in [0.3, 0.4) is 0 Å². The smallest absolute Gasteiger partial charge is 0.263 e. The van der Waals surface area contributed by atoms with Crippen LogP contribution < -0.4 is 10.6 Å². The Morgan fingerprint density at radius 1 is 1.25 bits per heavy atom. The van der Waals surface area contributed by atoms with Crippen LogP contribution in [0.2, 0.25) is 0 Å². The number of aromatic nitrogens is 1. The number of carbonyl (C=O) groups excluding carboxylic acids is 2. The Kier molecular flexibility index (Phi) is 6.46. The Labute approximate surface area is 169 Å². The molecule has 1 saturated carbocycles. The van der Waals surface area contributed by atoms with Gasteiger partial charge in [-0.05, 0) is 38.2 Å². The van der Waals surface area contributed by atoms with Gasteiger partial charge in [0.05, 0.1) is 23.4 Å². The van der Waals surface area contributed by atoms with Gasteiger partial charge in [0.1, 0.15) is 4.88 Å². The summed E-state index contributed by atoms with van der Waals surface area (Å²) in [6.45, 7) is 3.78. The molecule has 150 valence electrons. The van der Waals surface area contributed by atoms with Crippen molar-refractivity contribution in [2.24, 2.45) is 0 Å².